The Morgan fingerprint density at radius 2 is 0.800 bits per heavy atom. The number of halogens is 3. The number of rotatable bonds is 0. The summed E-state index contributed by atoms with van der Waals surface area (Å²) < 4.78 is 0. The molecule has 0 aromatic heterocycles. The van der Waals surface area contributed by atoms with E-state index in [0.29, 0.717) is 0 Å². The van der Waals surface area contributed by atoms with Gasteiger partial charge in [0.05, 0.1) is 0 Å². The van der Waals surface area contributed by atoms with Crippen LogP contribution >= 0.6 is 12.4 Å². The topological polar surface area (TPSA) is 0 Å². The van der Waals surface area contributed by atoms with Gasteiger partial charge in [-0.1, -0.05) is 0 Å². The van der Waals surface area contributed by atoms with Gasteiger partial charge in [0.1, 0.15) is 0 Å². The fourth-order valence-electron chi connectivity index (χ4n) is 0. The van der Waals surface area contributed by atoms with Crippen LogP contribution in [0, 0.1) is 0 Å². The Balaban J connectivity index is 0. The van der Waals surface area contributed by atoms with E-state index >= 15 is 0 Å². The van der Waals surface area contributed by atoms with Crippen molar-refractivity contribution in [3.8, 4) is 0 Å². The van der Waals surface area contributed by atoms with Gasteiger partial charge in [-0.2, -0.15) is 0 Å². The molecule has 0 aliphatic carbocycles. The molecule has 0 unspecified atom stereocenters. The van der Waals surface area contributed by atoms with Crippen LogP contribution in [-0.2, 0) is 0 Å². The Labute approximate surface area is 102 Å². The van der Waals surface area contributed by atoms with Crippen molar-refractivity contribution in [2.45, 2.75) is 0 Å². The first-order chi connectivity index (χ1) is 0. The summed E-state index contributed by atoms with van der Waals surface area (Å²) in [6.45, 7) is 0. The molecule has 0 spiro atoms. The summed E-state index contributed by atoms with van der Waals surface area (Å²) >= 11 is 0. The average molecular weight is 170 g/mol. The minimum Gasteiger partial charge on any atom is -1.00 e. The normalized spacial score (nSPS) is 0. The van der Waals surface area contributed by atoms with Crippen LogP contribution in [0.3, 0.4) is 0 Å². The van der Waals surface area contributed by atoms with Crippen LogP contribution in [0.1, 0.15) is 0 Å². The molecule has 0 amide bonds. The van der Waals surface area contributed by atoms with Crippen molar-refractivity contribution in [1.29, 1.82) is 0 Å². The van der Waals surface area contributed by atoms with Crippen LogP contribution in [0.15, 0.2) is 0 Å². The molecule has 0 aromatic rings. The summed E-state index contributed by atoms with van der Waals surface area (Å²) in [6.07, 6.45) is 0. The van der Waals surface area contributed by atoms with Crippen molar-refractivity contribution < 1.29 is 54.4 Å². The molecule has 0 atom stereocenters. The average Bonchev–Trinajstić information content (AvgIpc) is 0. The van der Waals surface area contributed by atoms with E-state index in [1.807, 2.05) is 0 Å². The van der Waals surface area contributed by atoms with Gasteiger partial charge in [0, 0.05) is 0 Å². The molecule has 24 valence electrons. The summed E-state index contributed by atoms with van der Waals surface area (Å²) in [4.78, 5) is 0. The largest absolute Gasteiger partial charge is 2.00 e. The van der Waals surface area contributed by atoms with Crippen molar-refractivity contribution in [3.63, 3.8) is 0 Å². The van der Waals surface area contributed by atoms with Gasteiger partial charge in [-0.25, -0.2) is 0 Å². The van der Waals surface area contributed by atoms with Gasteiger partial charge < -0.3 is 24.8 Å². The zero-order valence-electron chi connectivity index (χ0n) is 2.87. The van der Waals surface area contributed by atoms with Crippen LogP contribution in [0.4, 0.5) is 0 Å². The van der Waals surface area contributed by atoms with Crippen LogP contribution in [-0.4, -0.2) is 37.7 Å². The Morgan fingerprint density at radius 3 is 0.800 bits per heavy atom. The third kappa shape index (κ3) is 19.2. The van der Waals surface area contributed by atoms with Gasteiger partial charge in [0.15, 0.2) is 0 Å². The smallest absolute Gasteiger partial charge is 1.00 e. The van der Waals surface area contributed by atoms with E-state index in [2.05, 4.69) is 0 Å². The van der Waals surface area contributed by atoms with Gasteiger partial charge >= 0.3 is 67.3 Å². The van der Waals surface area contributed by atoms with Crippen LogP contribution in [0.5, 0.6) is 0 Å². The van der Waals surface area contributed by atoms with Gasteiger partial charge in [0.2, 0.25) is 0 Å². The monoisotopic (exact) mass is 169 g/mol. The molecule has 0 radical (unpaired) electrons. The molecule has 0 aliphatic heterocycles. The number of hydrogen-bond donors (Lipinski definition) is 0. The van der Waals surface area contributed by atoms with E-state index in [1.165, 1.54) is 0 Å². The third-order valence-electron chi connectivity index (χ3n) is 0. The van der Waals surface area contributed by atoms with Crippen molar-refractivity contribution in [2.75, 3.05) is 0 Å². The molecule has 0 rings (SSSR count). The fourth-order valence-corrected chi connectivity index (χ4v) is 0. The van der Waals surface area contributed by atoms with Crippen molar-refractivity contribution in [2.24, 2.45) is 0 Å². The standard InChI is InChI=1S/Ca.3ClH.Na/h;3*1H;/q+2;;;;+1/p-2. The van der Waals surface area contributed by atoms with Gasteiger partial charge in [0.25, 0.3) is 0 Å². The molecule has 0 bridgehead atoms. The molecule has 0 saturated carbocycles. The predicted octanol–water partition coefficient (Wildman–Crippen LogP) is -8.95. The second kappa shape index (κ2) is 27.3. The maximum absolute atomic E-state index is 0. The summed E-state index contributed by atoms with van der Waals surface area (Å²) in [5.74, 6) is 0. The van der Waals surface area contributed by atoms with E-state index in [-0.39, 0.29) is 105 Å². The van der Waals surface area contributed by atoms with E-state index in [0.717, 1.165) is 0 Å². The molecule has 5 heavy (non-hydrogen) atoms. The molecule has 5 heteroatoms. The van der Waals surface area contributed by atoms with Gasteiger partial charge in [-0.05, 0) is 0 Å². The predicted molar refractivity (Wildman–Crippen MR) is 13.0 cm³/mol. The first-order valence-corrected chi connectivity index (χ1v) is 0. The second-order valence-electron chi connectivity index (χ2n) is 0. The second-order valence-corrected chi connectivity index (χ2v) is 0. The Hall–Kier alpha value is 3.13. The van der Waals surface area contributed by atoms with Crippen LogP contribution in [0.25, 0.3) is 0 Å². The molecule has 0 heterocycles. The molecule has 0 aliphatic rings. The summed E-state index contributed by atoms with van der Waals surface area (Å²) in [5.41, 5.74) is 0. The molecule has 0 nitrogen and oxygen atoms in total. The molecular formula is HCaCl3Na+. The zero-order chi connectivity index (χ0) is 0. The maximum Gasteiger partial charge on any atom is 2.00 e. The Kier molecular flexibility index (Phi) is 231. The van der Waals surface area contributed by atoms with Crippen LogP contribution < -0.4 is 54.4 Å². The van der Waals surface area contributed by atoms with Crippen molar-refractivity contribution >= 4 is 50.1 Å². The van der Waals surface area contributed by atoms with E-state index in [9.17, 15) is 0 Å². The zero-order valence-corrected chi connectivity index (χ0v) is 9.41. The molecule has 0 saturated heterocycles. The molecule has 0 aromatic carbocycles. The van der Waals surface area contributed by atoms with Crippen molar-refractivity contribution in [3.05, 3.63) is 0 Å². The fraction of sp³-hybridized carbons (Fsp3) is 0. The molecule has 0 N–H and O–H groups in total. The van der Waals surface area contributed by atoms with E-state index in [1.54, 1.807) is 0 Å². The Bertz CT molecular complexity index is 6.85. The third-order valence-corrected chi connectivity index (χ3v) is 0. The maximum atomic E-state index is 0. The van der Waals surface area contributed by atoms with E-state index < -0.39 is 0 Å². The van der Waals surface area contributed by atoms with Crippen LogP contribution in [0.2, 0.25) is 0 Å². The quantitative estimate of drug-likeness (QED) is 0.317. The van der Waals surface area contributed by atoms with E-state index in [4.69, 9.17) is 0 Å². The minimum absolute atomic E-state index is 0. The number of hydrogen-bond acceptors (Lipinski definition) is 0. The van der Waals surface area contributed by atoms with Gasteiger partial charge in [-0.3, -0.25) is 0 Å². The molecular weight excluding hydrogens is 169 g/mol. The van der Waals surface area contributed by atoms with Crippen molar-refractivity contribution in [1.82, 2.24) is 0 Å². The summed E-state index contributed by atoms with van der Waals surface area (Å²) in [6, 6.07) is 0. The first-order valence-electron chi connectivity index (χ1n) is 0. The SMILES string of the molecule is Cl.[Ca+2].[Cl-].[Cl-].[Na+]. The van der Waals surface area contributed by atoms with Gasteiger partial charge in [-0.15, -0.1) is 12.4 Å². The molecule has 0 fully saturated rings. The summed E-state index contributed by atoms with van der Waals surface area (Å²) in [5, 5.41) is 0. The minimum atomic E-state index is 0. The first kappa shape index (κ1) is 42.2. The summed E-state index contributed by atoms with van der Waals surface area (Å²) in [7, 11) is 0. The Morgan fingerprint density at radius 1 is 0.800 bits per heavy atom.